The van der Waals surface area contributed by atoms with Crippen molar-refractivity contribution in [1.82, 2.24) is 14.0 Å². The van der Waals surface area contributed by atoms with Gasteiger partial charge in [0, 0.05) is 63.0 Å². The number of rotatable bonds is 13. The fraction of sp³-hybridized carbons (Fsp3) is 0.306. The number of phenolic OH excluding ortho intramolecular Hbond substituents is 1. The largest absolute Gasteiger partial charge is 0.504 e. The molecule has 12 heteroatoms. The summed E-state index contributed by atoms with van der Waals surface area (Å²) in [6.07, 6.45) is 10.4. The standard InChI is InChI=1S/C36H40N6O6/c1-24-15-33(45)34(18-31(24)37-19-29-7-4-5-13-42(29)23-44)48-14-6-8-35(46)38-28-17-32(41(3)21-28)36(47)39-27-11-9-25(10-12-27)26-16-30(22-43)40(2)20-26/h9-12,15-23,29,45H,4-8,13-14H2,1-3H3,(H,38,46)(H,39,47)/t29-/m0/s1. The first-order valence-electron chi connectivity index (χ1n) is 15.9. The summed E-state index contributed by atoms with van der Waals surface area (Å²) in [7, 11) is 3.53. The lowest BCUT2D eigenvalue weighted by molar-refractivity contribution is -0.120. The van der Waals surface area contributed by atoms with Gasteiger partial charge in [-0.05, 0) is 74.1 Å². The summed E-state index contributed by atoms with van der Waals surface area (Å²) in [5.41, 5.74) is 5.27. The van der Waals surface area contributed by atoms with Crippen molar-refractivity contribution in [2.24, 2.45) is 19.1 Å². The molecule has 48 heavy (non-hydrogen) atoms. The Labute approximate surface area is 279 Å². The number of carbonyl (C=O) groups is 4. The third kappa shape index (κ3) is 8.19. The number of likely N-dealkylation sites (tertiary alicyclic amines) is 1. The minimum atomic E-state index is -0.330. The molecule has 3 amide bonds. The molecule has 0 spiro atoms. The molecule has 1 aliphatic rings. The molecule has 1 atom stereocenters. The number of hydrogen-bond acceptors (Lipinski definition) is 7. The van der Waals surface area contributed by atoms with E-state index in [2.05, 4.69) is 15.6 Å². The van der Waals surface area contributed by atoms with E-state index < -0.39 is 0 Å². The van der Waals surface area contributed by atoms with E-state index in [4.69, 9.17) is 4.74 Å². The van der Waals surface area contributed by atoms with Crippen molar-refractivity contribution in [3.8, 4) is 22.6 Å². The number of piperidine rings is 1. The maximum Gasteiger partial charge on any atom is 0.272 e. The van der Waals surface area contributed by atoms with E-state index in [0.717, 1.165) is 55.2 Å². The lowest BCUT2D eigenvalue weighted by atomic mass is 10.0. The lowest BCUT2D eigenvalue weighted by Crippen LogP contribution is -2.39. The van der Waals surface area contributed by atoms with E-state index in [0.29, 0.717) is 34.9 Å². The summed E-state index contributed by atoms with van der Waals surface area (Å²) in [6, 6.07) is 13.9. The molecule has 250 valence electrons. The number of phenols is 1. The van der Waals surface area contributed by atoms with Crippen LogP contribution in [0.25, 0.3) is 11.1 Å². The second-order valence-electron chi connectivity index (χ2n) is 11.9. The molecule has 2 aromatic heterocycles. The van der Waals surface area contributed by atoms with Gasteiger partial charge in [0.05, 0.1) is 29.7 Å². The predicted octanol–water partition coefficient (Wildman–Crippen LogP) is 5.62. The number of amides is 3. The van der Waals surface area contributed by atoms with Crippen LogP contribution in [0.2, 0.25) is 0 Å². The molecule has 3 heterocycles. The Hall–Kier alpha value is -5.65. The Balaban J connectivity index is 1.10. The Kier molecular flexibility index (Phi) is 10.7. The van der Waals surface area contributed by atoms with Gasteiger partial charge >= 0.3 is 0 Å². The van der Waals surface area contributed by atoms with Crippen LogP contribution < -0.4 is 15.4 Å². The summed E-state index contributed by atoms with van der Waals surface area (Å²) in [4.78, 5) is 54.5. The Morgan fingerprint density at radius 2 is 1.77 bits per heavy atom. The maximum absolute atomic E-state index is 13.0. The van der Waals surface area contributed by atoms with Crippen molar-refractivity contribution in [3.05, 3.63) is 77.9 Å². The van der Waals surface area contributed by atoms with Gasteiger partial charge < -0.3 is 34.5 Å². The second-order valence-corrected chi connectivity index (χ2v) is 11.9. The monoisotopic (exact) mass is 652 g/mol. The van der Waals surface area contributed by atoms with Gasteiger partial charge in [0.1, 0.15) is 5.69 Å². The summed E-state index contributed by atoms with van der Waals surface area (Å²) in [6.45, 7) is 2.75. The zero-order chi connectivity index (χ0) is 34.2. The minimum absolute atomic E-state index is 0.0153. The van der Waals surface area contributed by atoms with Gasteiger partial charge in [-0.1, -0.05) is 12.1 Å². The lowest BCUT2D eigenvalue weighted by Gasteiger charge is -2.29. The van der Waals surface area contributed by atoms with Crippen molar-refractivity contribution in [2.45, 2.75) is 45.1 Å². The van der Waals surface area contributed by atoms with Gasteiger partial charge in [-0.25, -0.2) is 0 Å². The summed E-state index contributed by atoms with van der Waals surface area (Å²) >= 11 is 0. The number of aromatic hydroxyl groups is 1. The number of anilines is 2. The molecular formula is C36H40N6O6. The SMILES string of the molecule is Cc1cc(O)c(OCCCC(=O)Nc2cc(C(=O)Nc3ccc(-c4cc(C=O)n(C)c4)cc3)n(C)c2)cc1N=C[C@@H]1CCCCN1C=O. The molecule has 2 aromatic carbocycles. The molecule has 0 radical (unpaired) electrons. The highest BCUT2D eigenvalue weighted by atomic mass is 16.5. The molecular weight excluding hydrogens is 612 g/mol. The summed E-state index contributed by atoms with van der Waals surface area (Å²) in [5.74, 6) is -0.317. The highest BCUT2D eigenvalue weighted by Gasteiger charge is 2.19. The minimum Gasteiger partial charge on any atom is -0.504 e. The van der Waals surface area contributed by atoms with Crippen LogP contribution in [-0.2, 0) is 23.7 Å². The van der Waals surface area contributed by atoms with E-state index in [1.54, 1.807) is 69.9 Å². The number of aryl methyl sites for hydroxylation is 3. The smallest absolute Gasteiger partial charge is 0.272 e. The van der Waals surface area contributed by atoms with Crippen LogP contribution in [0, 0.1) is 6.92 Å². The Morgan fingerprint density at radius 3 is 2.50 bits per heavy atom. The number of aldehydes is 1. The van der Waals surface area contributed by atoms with Crippen molar-refractivity contribution in [1.29, 1.82) is 0 Å². The van der Waals surface area contributed by atoms with Crippen LogP contribution in [0.3, 0.4) is 0 Å². The third-order valence-corrected chi connectivity index (χ3v) is 8.36. The fourth-order valence-electron chi connectivity index (χ4n) is 5.65. The maximum atomic E-state index is 13.0. The van der Waals surface area contributed by atoms with E-state index >= 15 is 0 Å². The van der Waals surface area contributed by atoms with Crippen molar-refractivity contribution < 1.29 is 29.0 Å². The number of ether oxygens (including phenoxy) is 1. The fourth-order valence-corrected chi connectivity index (χ4v) is 5.65. The Morgan fingerprint density at radius 1 is 0.979 bits per heavy atom. The first-order chi connectivity index (χ1) is 23.1. The zero-order valence-corrected chi connectivity index (χ0v) is 27.3. The van der Waals surface area contributed by atoms with Crippen LogP contribution in [0.4, 0.5) is 17.1 Å². The van der Waals surface area contributed by atoms with Crippen molar-refractivity contribution in [3.63, 3.8) is 0 Å². The average Bonchev–Trinajstić information content (AvgIpc) is 3.64. The number of hydrogen-bond donors (Lipinski definition) is 3. The van der Waals surface area contributed by atoms with E-state index in [1.165, 1.54) is 0 Å². The highest BCUT2D eigenvalue weighted by molar-refractivity contribution is 6.04. The van der Waals surface area contributed by atoms with Crippen LogP contribution in [0.1, 0.15) is 58.6 Å². The van der Waals surface area contributed by atoms with E-state index in [-0.39, 0.29) is 42.4 Å². The topological polar surface area (TPSA) is 147 Å². The van der Waals surface area contributed by atoms with Crippen LogP contribution in [-0.4, -0.2) is 69.1 Å². The molecule has 0 unspecified atom stereocenters. The van der Waals surface area contributed by atoms with Crippen LogP contribution in [0.15, 0.2) is 65.9 Å². The Bertz CT molecular complexity index is 1820. The van der Waals surface area contributed by atoms with Gasteiger partial charge in [-0.15, -0.1) is 0 Å². The predicted molar refractivity (Wildman–Crippen MR) is 184 cm³/mol. The zero-order valence-electron chi connectivity index (χ0n) is 27.3. The number of benzene rings is 2. The highest BCUT2D eigenvalue weighted by Crippen LogP contribution is 2.34. The quantitative estimate of drug-likeness (QED) is 0.0971. The molecule has 4 aromatic rings. The number of aliphatic imine (C=N–C) groups is 1. The molecule has 5 rings (SSSR count). The van der Waals surface area contributed by atoms with Crippen LogP contribution >= 0.6 is 0 Å². The second kappa shape index (κ2) is 15.3. The van der Waals surface area contributed by atoms with Gasteiger partial charge in [0.2, 0.25) is 12.3 Å². The molecule has 0 saturated carbocycles. The number of nitrogens with one attached hydrogen (secondary N) is 2. The first-order valence-corrected chi connectivity index (χ1v) is 15.9. The average molecular weight is 653 g/mol. The van der Waals surface area contributed by atoms with E-state index in [9.17, 15) is 24.3 Å². The normalized spacial score (nSPS) is 14.6. The molecule has 0 aliphatic carbocycles. The summed E-state index contributed by atoms with van der Waals surface area (Å²) in [5, 5.41) is 16.1. The molecule has 1 saturated heterocycles. The molecule has 1 fully saturated rings. The molecule has 0 bridgehead atoms. The van der Waals surface area contributed by atoms with Gasteiger partial charge in [0.25, 0.3) is 5.91 Å². The van der Waals surface area contributed by atoms with Gasteiger partial charge in [-0.2, -0.15) is 0 Å². The third-order valence-electron chi connectivity index (χ3n) is 8.36. The first kappa shape index (κ1) is 33.7. The number of aromatic nitrogens is 2. The van der Waals surface area contributed by atoms with Gasteiger partial charge in [0.15, 0.2) is 17.8 Å². The molecule has 3 N–H and O–H groups in total. The van der Waals surface area contributed by atoms with Gasteiger partial charge in [-0.3, -0.25) is 24.2 Å². The number of nitrogens with zero attached hydrogens (tertiary/aromatic N) is 4. The molecule has 1 aliphatic heterocycles. The van der Waals surface area contributed by atoms with Crippen molar-refractivity contribution in [2.75, 3.05) is 23.8 Å². The number of carbonyl (C=O) groups excluding carboxylic acids is 4. The summed E-state index contributed by atoms with van der Waals surface area (Å²) < 4.78 is 9.17. The van der Waals surface area contributed by atoms with Crippen molar-refractivity contribution >= 4 is 47.8 Å². The molecule has 12 nitrogen and oxygen atoms in total. The van der Waals surface area contributed by atoms with Crippen LogP contribution in [0.5, 0.6) is 11.5 Å². The van der Waals surface area contributed by atoms with E-state index in [1.807, 2.05) is 32.3 Å².